The van der Waals surface area contributed by atoms with E-state index in [1.165, 1.54) is 10.9 Å². The van der Waals surface area contributed by atoms with Crippen LogP contribution in [0.4, 0.5) is 0 Å². The number of benzene rings is 1. The predicted molar refractivity (Wildman–Crippen MR) is 66.0 cm³/mol. The van der Waals surface area contributed by atoms with Crippen molar-refractivity contribution in [3.05, 3.63) is 35.7 Å². The van der Waals surface area contributed by atoms with Gasteiger partial charge < -0.3 is 0 Å². The molecule has 74 valence electrons. The number of nitrogens with zero attached hydrogens (tertiary/aromatic N) is 1. The maximum absolute atomic E-state index is 5.94. The predicted octanol–water partition coefficient (Wildman–Crippen LogP) is 2.46. The molecule has 0 amide bonds. The minimum absolute atomic E-state index is 0.509. The van der Waals surface area contributed by atoms with E-state index in [9.17, 15) is 0 Å². The maximum Gasteiger partial charge on any atom is 0.114 e. The Kier molecular flexibility index (Phi) is 2.51. The molecule has 0 saturated carbocycles. The van der Waals surface area contributed by atoms with E-state index in [0.29, 0.717) is 5.92 Å². The second-order valence-corrected chi connectivity index (χ2v) is 4.27. The molecular weight excluding hydrogens is 181 g/mol. The van der Waals surface area contributed by atoms with E-state index in [2.05, 4.69) is 31.0 Å². The number of hydrogen-bond acceptors (Lipinski definition) is 1. The van der Waals surface area contributed by atoms with Gasteiger partial charge in [0.05, 0.1) is 0 Å². The van der Waals surface area contributed by atoms with Crippen molar-refractivity contribution < 1.29 is 0 Å². The summed E-state index contributed by atoms with van der Waals surface area (Å²) in [6.45, 7) is 6.40. The van der Waals surface area contributed by atoms with Crippen LogP contribution in [0.3, 0.4) is 0 Å². The summed E-state index contributed by atoms with van der Waals surface area (Å²) in [5, 5.41) is 2.30. The molecule has 1 nitrogen and oxygen atoms in total. The Morgan fingerprint density at radius 1 is 1.20 bits per heavy atom. The number of aryl methyl sites for hydroxylation is 1. The van der Waals surface area contributed by atoms with Crippen LogP contribution in [-0.2, 0) is 0 Å². The van der Waals surface area contributed by atoms with Crippen LogP contribution in [0.15, 0.2) is 24.4 Å². The van der Waals surface area contributed by atoms with E-state index in [0.717, 1.165) is 16.5 Å². The van der Waals surface area contributed by atoms with Gasteiger partial charge in [0, 0.05) is 11.9 Å². The van der Waals surface area contributed by atoms with Gasteiger partial charge in [0.25, 0.3) is 0 Å². The Labute approximate surface area is 91.9 Å². The summed E-state index contributed by atoms with van der Waals surface area (Å²) in [6, 6.07) is 6.19. The third-order valence-electron chi connectivity index (χ3n) is 2.73. The van der Waals surface area contributed by atoms with Crippen LogP contribution in [0, 0.1) is 6.92 Å². The first-order valence-corrected chi connectivity index (χ1v) is 5.24. The molecule has 1 heterocycles. The molecule has 2 rings (SSSR count). The van der Waals surface area contributed by atoms with Gasteiger partial charge in [0.15, 0.2) is 0 Å². The van der Waals surface area contributed by atoms with Crippen LogP contribution < -0.4 is 5.46 Å². The molecule has 0 spiro atoms. The molecule has 0 unspecified atom stereocenters. The van der Waals surface area contributed by atoms with E-state index in [1.807, 2.05) is 19.2 Å². The molecule has 0 N–H and O–H groups in total. The summed E-state index contributed by atoms with van der Waals surface area (Å²) < 4.78 is 0. The van der Waals surface area contributed by atoms with Gasteiger partial charge in [0.1, 0.15) is 7.85 Å². The Morgan fingerprint density at radius 2 is 1.93 bits per heavy atom. The van der Waals surface area contributed by atoms with E-state index in [1.54, 1.807) is 0 Å². The fraction of sp³-hybridized carbons (Fsp3) is 0.308. The summed E-state index contributed by atoms with van der Waals surface area (Å²) in [5.74, 6) is 0.509. The molecule has 0 atom stereocenters. The Hall–Kier alpha value is -1.31. The second kappa shape index (κ2) is 3.69. The molecule has 1 aromatic carbocycles. The molecule has 0 fully saturated rings. The first-order valence-electron chi connectivity index (χ1n) is 5.24. The summed E-state index contributed by atoms with van der Waals surface area (Å²) in [7, 11) is 5.94. The molecule has 0 aliphatic heterocycles. The monoisotopic (exact) mass is 195 g/mol. The van der Waals surface area contributed by atoms with Gasteiger partial charge in [-0.05, 0) is 35.2 Å². The van der Waals surface area contributed by atoms with Crippen LogP contribution >= 0.6 is 0 Å². The largest absolute Gasteiger partial charge is 0.261 e. The van der Waals surface area contributed by atoms with Crippen molar-refractivity contribution in [1.82, 2.24) is 4.98 Å². The Bertz CT molecular complexity index is 503. The Morgan fingerprint density at radius 3 is 2.60 bits per heavy atom. The molecule has 0 aliphatic carbocycles. The topological polar surface area (TPSA) is 12.9 Å². The van der Waals surface area contributed by atoms with Crippen molar-refractivity contribution in [3.8, 4) is 0 Å². The second-order valence-electron chi connectivity index (χ2n) is 4.27. The summed E-state index contributed by atoms with van der Waals surface area (Å²) >= 11 is 0. The van der Waals surface area contributed by atoms with Crippen molar-refractivity contribution in [1.29, 1.82) is 0 Å². The van der Waals surface area contributed by atoms with Gasteiger partial charge >= 0.3 is 0 Å². The van der Waals surface area contributed by atoms with Crippen LogP contribution in [0.2, 0.25) is 0 Å². The zero-order chi connectivity index (χ0) is 11.0. The highest BCUT2D eigenvalue weighted by atomic mass is 14.7. The van der Waals surface area contributed by atoms with Crippen LogP contribution in [-0.4, -0.2) is 12.8 Å². The molecule has 15 heavy (non-hydrogen) atoms. The fourth-order valence-electron chi connectivity index (χ4n) is 1.89. The first-order chi connectivity index (χ1) is 7.09. The molecule has 2 radical (unpaired) electrons. The number of pyridine rings is 1. The van der Waals surface area contributed by atoms with Gasteiger partial charge in [-0.3, -0.25) is 4.98 Å². The summed E-state index contributed by atoms with van der Waals surface area (Å²) in [4.78, 5) is 4.29. The van der Waals surface area contributed by atoms with Crippen LogP contribution in [0.25, 0.3) is 10.8 Å². The van der Waals surface area contributed by atoms with Crippen LogP contribution in [0.1, 0.15) is 31.0 Å². The van der Waals surface area contributed by atoms with E-state index >= 15 is 0 Å². The van der Waals surface area contributed by atoms with Gasteiger partial charge in [-0.25, -0.2) is 0 Å². The van der Waals surface area contributed by atoms with Crippen molar-refractivity contribution >= 4 is 24.1 Å². The average Bonchev–Trinajstić information content (AvgIpc) is 2.17. The standard InChI is InChI=1S/C13H14BN/c1-8(2)10-4-5-13(14)12-7-15-9(3)6-11(10)12/h4-8H,1-3H3. The van der Waals surface area contributed by atoms with E-state index in [-0.39, 0.29) is 0 Å². The molecule has 2 aromatic rings. The third-order valence-corrected chi connectivity index (χ3v) is 2.73. The minimum Gasteiger partial charge on any atom is -0.261 e. The van der Waals surface area contributed by atoms with Crippen molar-refractivity contribution in [2.45, 2.75) is 26.7 Å². The maximum atomic E-state index is 5.94. The summed E-state index contributed by atoms with van der Waals surface area (Å²) in [5.41, 5.74) is 3.18. The van der Waals surface area contributed by atoms with Crippen LogP contribution in [0.5, 0.6) is 0 Å². The number of hydrogen-bond donors (Lipinski definition) is 0. The lowest BCUT2D eigenvalue weighted by Gasteiger charge is -2.12. The molecule has 1 aromatic heterocycles. The van der Waals surface area contributed by atoms with E-state index in [4.69, 9.17) is 7.85 Å². The highest BCUT2D eigenvalue weighted by Crippen LogP contribution is 2.23. The molecule has 0 aliphatic rings. The normalized spacial score (nSPS) is 11.2. The number of fused-ring (bicyclic) bond motifs is 1. The van der Waals surface area contributed by atoms with Gasteiger partial charge in [-0.1, -0.05) is 31.4 Å². The Balaban J connectivity index is 2.84. The van der Waals surface area contributed by atoms with Crippen molar-refractivity contribution in [3.63, 3.8) is 0 Å². The van der Waals surface area contributed by atoms with Gasteiger partial charge in [-0.2, -0.15) is 0 Å². The molecule has 0 saturated heterocycles. The molecular formula is C13H14BN. The smallest absolute Gasteiger partial charge is 0.114 e. The lowest BCUT2D eigenvalue weighted by Crippen LogP contribution is -2.06. The zero-order valence-corrected chi connectivity index (χ0v) is 9.41. The number of rotatable bonds is 1. The van der Waals surface area contributed by atoms with E-state index < -0.39 is 0 Å². The minimum atomic E-state index is 0.509. The number of aromatic nitrogens is 1. The SMILES string of the molecule is [B]c1ccc(C(C)C)c2cc(C)ncc12. The fourth-order valence-corrected chi connectivity index (χ4v) is 1.89. The molecule has 0 bridgehead atoms. The highest BCUT2D eigenvalue weighted by molar-refractivity contribution is 6.38. The zero-order valence-electron chi connectivity index (χ0n) is 9.41. The van der Waals surface area contributed by atoms with Crippen molar-refractivity contribution in [2.24, 2.45) is 0 Å². The van der Waals surface area contributed by atoms with Gasteiger partial charge in [0.2, 0.25) is 0 Å². The lowest BCUT2D eigenvalue weighted by molar-refractivity contribution is 0.876. The average molecular weight is 195 g/mol. The van der Waals surface area contributed by atoms with Gasteiger partial charge in [-0.15, -0.1) is 0 Å². The lowest BCUT2D eigenvalue weighted by atomic mass is 9.86. The third kappa shape index (κ3) is 1.76. The molecule has 2 heteroatoms. The summed E-state index contributed by atoms with van der Waals surface area (Å²) in [6.07, 6.45) is 1.87. The first kappa shape index (κ1) is 10.2. The van der Waals surface area contributed by atoms with Crippen molar-refractivity contribution in [2.75, 3.05) is 0 Å². The quantitative estimate of drug-likeness (QED) is 0.637. The highest BCUT2D eigenvalue weighted by Gasteiger charge is 2.06.